The summed E-state index contributed by atoms with van der Waals surface area (Å²) in [4.78, 5) is 48.5. The normalized spacial score (nSPS) is 10.4. The topological polar surface area (TPSA) is 114 Å². The van der Waals surface area contributed by atoms with Crippen LogP contribution in [0.2, 0.25) is 0 Å². The Morgan fingerprint density at radius 2 is 1.77 bits per heavy atom. The molecule has 0 spiro atoms. The summed E-state index contributed by atoms with van der Waals surface area (Å²) in [6.07, 6.45) is -0.0570. The first kappa shape index (κ1) is 23.1. The van der Waals surface area contributed by atoms with E-state index in [2.05, 4.69) is 16.0 Å². The first-order valence-corrected chi connectivity index (χ1v) is 10.4. The Morgan fingerprint density at radius 1 is 1.00 bits per heavy atom. The van der Waals surface area contributed by atoms with Gasteiger partial charge in [-0.1, -0.05) is 32.0 Å². The highest BCUT2D eigenvalue weighted by Crippen LogP contribution is 2.15. The number of esters is 1. The molecule has 30 heavy (non-hydrogen) atoms. The van der Waals surface area contributed by atoms with E-state index in [0.29, 0.717) is 28.6 Å². The van der Waals surface area contributed by atoms with Crippen LogP contribution in [0.4, 0.5) is 5.69 Å². The van der Waals surface area contributed by atoms with Gasteiger partial charge in [0.05, 0.1) is 22.5 Å². The summed E-state index contributed by atoms with van der Waals surface area (Å²) in [6, 6.07) is 10.0. The number of hydrogen-bond acceptors (Lipinski definition) is 6. The quantitative estimate of drug-likeness (QED) is 0.500. The summed E-state index contributed by atoms with van der Waals surface area (Å²) in [6.45, 7) is 4.10. The van der Waals surface area contributed by atoms with Crippen molar-refractivity contribution < 1.29 is 23.9 Å². The zero-order valence-electron chi connectivity index (χ0n) is 16.9. The third-order valence-electron chi connectivity index (χ3n) is 3.84. The fourth-order valence-corrected chi connectivity index (χ4v) is 3.00. The average Bonchev–Trinajstić information content (AvgIpc) is 3.26. The van der Waals surface area contributed by atoms with Gasteiger partial charge in [0.1, 0.15) is 0 Å². The largest absolute Gasteiger partial charge is 0.456 e. The molecule has 9 heteroatoms. The highest BCUT2D eigenvalue weighted by molar-refractivity contribution is 7.12. The van der Waals surface area contributed by atoms with Crippen LogP contribution >= 0.6 is 11.3 Å². The van der Waals surface area contributed by atoms with Crippen LogP contribution in [0.15, 0.2) is 41.8 Å². The van der Waals surface area contributed by atoms with E-state index in [9.17, 15) is 19.2 Å². The molecule has 1 aromatic carbocycles. The van der Waals surface area contributed by atoms with Crippen molar-refractivity contribution in [1.29, 1.82) is 0 Å². The number of carbonyl (C=O) groups excluding carboxylic acids is 4. The predicted octanol–water partition coefficient (Wildman–Crippen LogP) is 2.44. The molecule has 3 N–H and O–H groups in total. The first-order valence-electron chi connectivity index (χ1n) is 9.51. The van der Waals surface area contributed by atoms with Crippen LogP contribution in [0, 0.1) is 5.92 Å². The van der Waals surface area contributed by atoms with Gasteiger partial charge in [-0.25, -0.2) is 0 Å². The monoisotopic (exact) mass is 431 g/mol. The Bertz CT molecular complexity index is 881. The van der Waals surface area contributed by atoms with Gasteiger partial charge in [0, 0.05) is 13.1 Å². The zero-order chi connectivity index (χ0) is 21.9. The molecule has 0 aliphatic rings. The van der Waals surface area contributed by atoms with Crippen LogP contribution in [0.3, 0.4) is 0 Å². The third kappa shape index (κ3) is 7.67. The molecule has 0 unspecified atom stereocenters. The lowest BCUT2D eigenvalue weighted by Gasteiger charge is -2.12. The molecule has 2 rings (SSSR count). The SMILES string of the molecule is CC(C)CNC(=O)c1ccccc1NC(=O)COC(=O)CCNC(=O)c1cccs1. The standard InChI is InChI=1S/C21H25N3O5S/c1-14(2)12-23-20(27)15-6-3-4-7-16(15)24-18(25)13-29-19(26)9-10-22-21(28)17-8-5-11-30-17/h3-8,11,14H,9-10,12-13H2,1-2H3,(H,22,28)(H,23,27)(H,24,25). The van der Waals surface area contributed by atoms with Gasteiger partial charge >= 0.3 is 5.97 Å². The maximum atomic E-state index is 12.3. The van der Waals surface area contributed by atoms with E-state index in [1.807, 2.05) is 13.8 Å². The summed E-state index contributed by atoms with van der Waals surface area (Å²) in [5, 5.41) is 9.77. The van der Waals surface area contributed by atoms with Crippen molar-refractivity contribution in [1.82, 2.24) is 10.6 Å². The second-order valence-corrected chi connectivity index (χ2v) is 7.79. The fraction of sp³-hybridized carbons (Fsp3) is 0.333. The number of hydrogen-bond donors (Lipinski definition) is 3. The molecule has 0 fully saturated rings. The van der Waals surface area contributed by atoms with Gasteiger partial charge in [-0.15, -0.1) is 11.3 Å². The number of thiophene rings is 1. The average molecular weight is 432 g/mol. The molecule has 0 aliphatic carbocycles. The predicted molar refractivity (Wildman–Crippen MR) is 114 cm³/mol. The van der Waals surface area contributed by atoms with Crippen molar-refractivity contribution in [2.24, 2.45) is 5.92 Å². The molecular formula is C21H25N3O5S. The highest BCUT2D eigenvalue weighted by atomic mass is 32.1. The molecule has 1 heterocycles. The van der Waals surface area contributed by atoms with Crippen molar-refractivity contribution >= 4 is 40.7 Å². The molecule has 0 radical (unpaired) electrons. The Labute approximate surface area is 179 Å². The van der Waals surface area contributed by atoms with E-state index in [0.717, 1.165) is 0 Å². The minimum atomic E-state index is -0.611. The molecule has 3 amide bonds. The van der Waals surface area contributed by atoms with Gasteiger partial charge < -0.3 is 20.7 Å². The second kappa shape index (κ2) is 11.7. The van der Waals surface area contributed by atoms with Crippen molar-refractivity contribution in [3.05, 3.63) is 52.2 Å². The molecule has 0 saturated heterocycles. The lowest BCUT2D eigenvalue weighted by molar-refractivity contribution is -0.147. The maximum absolute atomic E-state index is 12.3. The number of ether oxygens (including phenoxy) is 1. The Morgan fingerprint density at radius 3 is 2.47 bits per heavy atom. The van der Waals surface area contributed by atoms with E-state index in [1.165, 1.54) is 11.3 Å². The molecule has 0 aliphatic heterocycles. The van der Waals surface area contributed by atoms with E-state index in [4.69, 9.17) is 4.74 Å². The van der Waals surface area contributed by atoms with E-state index < -0.39 is 18.5 Å². The van der Waals surface area contributed by atoms with Gasteiger partial charge in [-0.05, 0) is 29.5 Å². The summed E-state index contributed by atoms with van der Waals surface area (Å²) in [5.74, 6) is -1.43. The van der Waals surface area contributed by atoms with Crippen molar-refractivity contribution in [2.45, 2.75) is 20.3 Å². The van der Waals surface area contributed by atoms with Crippen LogP contribution in [-0.2, 0) is 14.3 Å². The minimum absolute atomic E-state index is 0.0570. The first-order chi connectivity index (χ1) is 14.4. The maximum Gasteiger partial charge on any atom is 0.308 e. The van der Waals surface area contributed by atoms with Gasteiger partial charge in [0.25, 0.3) is 17.7 Å². The summed E-state index contributed by atoms with van der Waals surface area (Å²) in [5.41, 5.74) is 0.664. The number of rotatable bonds is 10. The second-order valence-electron chi connectivity index (χ2n) is 6.84. The molecule has 0 saturated carbocycles. The lowest BCUT2D eigenvalue weighted by atomic mass is 10.1. The number of carbonyl (C=O) groups is 4. The molecule has 0 atom stereocenters. The Kier molecular flexibility index (Phi) is 9.02. The molecule has 0 bridgehead atoms. The van der Waals surface area contributed by atoms with Crippen LogP contribution in [-0.4, -0.2) is 43.4 Å². The van der Waals surface area contributed by atoms with Crippen LogP contribution < -0.4 is 16.0 Å². The number of nitrogens with one attached hydrogen (secondary N) is 3. The highest BCUT2D eigenvalue weighted by Gasteiger charge is 2.15. The molecule has 2 aromatic rings. The minimum Gasteiger partial charge on any atom is -0.456 e. The van der Waals surface area contributed by atoms with E-state index in [-0.39, 0.29) is 24.8 Å². The fourth-order valence-electron chi connectivity index (χ4n) is 2.36. The van der Waals surface area contributed by atoms with E-state index in [1.54, 1.807) is 41.8 Å². The molecule has 1 aromatic heterocycles. The van der Waals surface area contributed by atoms with Crippen LogP contribution in [0.25, 0.3) is 0 Å². The smallest absolute Gasteiger partial charge is 0.308 e. The summed E-state index contributed by atoms with van der Waals surface area (Å²) >= 11 is 1.30. The Balaban J connectivity index is 1.75. The van der Waals surface area contributed by atoms with Crippen molar-refractivity contribution in [3.63, 3.8) is 0 Å². The Hall–Kier alpha value is -3.20. The van der Waals surface area contributed by atoms with Gasteiger partial charge in [0.15, 0.2) is 6.61 Å². The molecule has 160 valence electrons. The number of benzene rings is 1. The number of amides is 3. The van der Waals surface area contributed by atoms with Crippen molar-refractivity contribution in [3.8, 4) is 0 Å². The number of para-hydroxylation sites is 1. The lowest BCUT2D eigenvalue weighted by Crippen LogP contribution is -2.29. The molecule has 8 nitrogen and oxygen atoms in total. The van der Waals surface area contributed by atoms with Gasteiger partial charge in [0.2, 0.25) is 0 Å². The van der Waals surface area contributed by atoms with Crippen molar-refractivity contribution in [2.75, 3.05) is 25.0 Å². The molecular weight excluding hydrogens is 406 g/mol. The third-order valence-corrected chi connectivity index (χ3v) is 4.71. The zero-order valence-corrected chi connectivity index (χ0v) is 17.7. The summed E-state index contributed by atoms with van der Waals surface area (Å²) < 4.78 is 4.93. The van der Waals surface area contributed by atoms with Crippen LogP contribution in [0.1, 0.15) is 40.3 Å². The summed E-state index contributed by atoms with van der Waals surface area (Å²) in [7, 11) is 0. The van der Waals surface area contributed by atoms with Crippen LogP contribution in [0.5, 0.6) is 0 Å². The number of anilines is 1. The van der Waals surface area contributed by atoms with Gasteiger partial charge in [-0.2, -0.15) is 0 Å². The van der Waals surface area contributed by atoms with Gasteiger partial charge in [-0.3, -0.25) is 19.2 Å². The van der Waals surface area contributed by atoms with E-state index >= 15 is 0 Å².